The van der Waals surface area contributed by atoms with E-state index in [-0.39, 0.29) is 17.2 Å². The number of rotatable bonds is 4. The van der Waals surface area contributed by atoms with Crippen molar-refractivity contribution in [2.45, 2.75) is 26.2 Å². The van der Waals surface area contributed by atoms with Crippen LogP contribution < -0.4 is 10.6 Å². The van der Waals surface area contributed by atoms with Crippen LogP contribution in [0, 0.1) is 0 Å². The number of benzene rings is 1. The number of nitrogens with one attached hydrogen (secondary N) is 2. The standard InChI is InChI=1S/C19H22N4O2/c1-19(2,3)18-21-11-15(12-22-18)23-16(24)10-7-13-5-8-14(9-6-13)17(25)20-4/h5-12H,1-4H3,(H,20,25)(H,23,24)/b10-7-. The molecule has 0 saturated carbocycles. The number of aromatic nitrogens is 2. The van der Waals surface area contributed by atoms with Crippen LogP contribution in [0.4, 0.5) is 5.69 Å². The smallest absolute Gasteiger partial charge is 0.251 e. The average molecular weight is 338 g/mol. The highest BCUT2D eigenvalue weighted by atomic mass is 16.2. The van der Waals surface area contributed by atoms with Gasteiger partial charge in [-0.2, -0.15) is 0 Å². The number of carbonyl (C=O) groups is 2. The third-order valence-electron chi connectivity index (χ3n) is 3.42. The van der Waals surface area contributed by atoms with Crippen molar-refractivity contribution < 1.29 is 9.59 Å². The highest BCUT2D eigenvalue weighted by Crippen LogP contribution is 2.18. The molecule has 2 aromatic rings. The summed E-state index contributed by atoms with van der Waals surface area (Å²) in [5, 5.41) is 5.27. The maximum atomic E-state index is 12.0. The summed E-state index contributed by atoms with van der Waals surface area (Å²) in [6.07, 6.45) is 6.29. The number of amides is 2. The minimum Gasteiger partial charge on any atom is -0.355 e. The number of hydrogen-bond acceptors (Lipinski definition) is 4. The molecule has 6 nitrogen and oxygen atoms in total. The van der Waals surface area contributed by atoms with E-state index >= 15 is 0 Å². The average Bonchev–Trinajstić information content (AvgIpc) is 2.59. The fourth-order valence-electron chi connectivity index (χ4n) is 2.03. The molecule has 2 N–H and O–H groups in total. The van der Waals surface area contributed by atoms with Crippen molar-refractivity contribution in [2.75, 3.05) is 12.4 Å². The second-order valence-corrected chi connectivity index (χ2v) is 6.57. The van der Waals surface area contributed by atoms with Gasteiger partial charge >= 0.3 is 0 Å². The van der Waals surface area contributed by atoms with Crippen molar-refractivity contribution in [3.05, 3.63) is 59.7 Å². The molecule has 0 atom stereocenters. The number of hydrogen-bond donors (Lipinski definition) is 2. The van der Waals surface area contributed by atoms with Crippen molar-refractivity contribution >= 4 is 23.6 Å². The lowest BCUT2D eigenvalue weighted by molar-refractivity contribution is -0.111. The van der Waals surface area contributed by atoms with E-state index in [9.17, 15) is 9.59 Å². The molecule has 2 rings (SSSR count). The first kappa shape index (κ1) is 18.3. The quantitative estimate of drug-likeness (QED) is 0.840. The van der Waals surface area contributed by atoms with Crippen molar-refractivity contribution in [3.8, 4) is 0 Å². The lowest BCUT2D eigenvalue weighted by atomic mass is 9.96. The van der Waals surface area contributed by atoms with Gasteiger partial charge in [0.1, 0.15) is 5.82 Å². The molecular weight excluding hydrogens is 316 g/mol. The maximum absolute atomic E-state index is 12.0. The lowest BCUT2D eigenvalue weighted by Gasteiger charge is -2.15. The molecule has 0 aliphatic carbocycles. The zero-order chi connectivity index (χ0) is 18.4. The van der Waals surface area contributed by atoms with Crippen LogP contribution in [0.15, 0.2) is 42.7 Å². The number of anilines is 1. The van der Waals surface area contributed by atoms with Crippen molar-refractivity contribution in [2.24, 2.45) is 0 Å². The molecule has 0 radical (unpaired) electrons. The van der Waals surface area contributed by atoms with Gasteiger partial charge in [-0.15, -0.1) is 0 Å². The summed E-state index contributed by atoms with van der Waals surface area (Å²) in [4.78, 5) is 32.0. The van der Waals surface area contributed by atoms with E-state index < -0.39 is 0 Å². The summed E-state index contributed by atoms with van der Waals surface area (Å²) >= 11 is 0. The van der Waals surface area contributed by atoms with Crippen LogP contribution in [-0.4, -0.2) is 28.8 Å². The molecule has 1 aromatic carbocycles. The molecule has 6 heteroatoms. The van der Waals surface area contributed by atoms with Gasteiger partial charge in [-0.25, -0.2) is 9.97 Å². The first-order valence-electron chi connectivity index (χ1n) is 7.93. The summed E-state index contributed by atoms with van der Waals surface area (Å²) in [5.41, 5.74) is 1.79. The van der Waals surface area contributed by atoms with Gasteiger partial charge in [0.2, 0.25) is 5.91 Å². The van der Waals surface area contributed by atoms with Gasteiger partial charge in [-0.05, 0) is 23.8 Å². The topological polar surface area (TPSA) is 84.0 Å². The third-order valence-corrected chi connectivity index (χ3v) is 3.42. The van der Waals surface area contributed by atoms with Crippen LogP contribution >= 0.6 is 0 Å². The molecule has 0 saturated heterocycles. The van der Waals surface area contributed by atoms with Crippen LogP contribution in [0.1, 0.15) is 42.5 Å². The second-order valence-electron chi connectivity index (χ2n) is 6.57. The molecule has 0 fully saturated rings. The Labute approximate surface area is 147 Å². The van der Waals surface area contributed by atoms with Gasteiger partial charge in [0.25, 0.3) is 5.91 Å². The molecule has 0 spiro atoms. The molecular formula is C19H22N4O2. The number of nitrogens with zero attached hydrogens (tertiary/aromatic N) is 2. The predicted octanol–water partition coefficient (Wildman–Crippen LogP) is 2.79. The monoisotopic (exact) mass is 338 g/mol. The highest BCUT2D eigenvalue weighted by Gasteiger charge is 2.16. The van der Waals surface area contributed by atoms with E-state index in [1.165, 1.54) is 6.08 Å². The highest BCUT2D eigenvalue weighted by molar-refractivity contribution is 6.01. The Kier molecular flexibility index (Phi) is 5.64. The molecule has 0 unspecified atom stereocenters. The van der Waals surface area contributed by atoms with Crippen LogP contribution in [0.2, 0.25) is 0 Å². The molecule has 130 valence electrons. The van der Waals surface area contributed by atoms with Crippen LogP contribution in [0.5, 0.6) is 0 Å². The van der Waals surface area contributed by atoms with Crippen molar-refractivity contribution in [1.82, 2.24) is 15.3 Å². The van der Waals surface area contributed by atoms with E-state index in [1.807, 2.05) is 20.8 Å². The van der Waals surface area contributed by atoms with Gasteiger partial charge in [-0.3, -0.25) is 9.59 Å². The molecule has 0 bridgehead atoms. The lowest BCUT2D eigenvalue weighted by Crippen LogP contribution is -2.17. The first-order valence-corrected chi connectivity index (χ1v) is 7.93. The van der Waals surface area contributed by atoms with Gasteiger partial charge in [0.15, 0.2) is 0 Å². The number of carbonyl (C=O) groups excluding carboxylic acids is 2. The Morgan fingerprint density at radius 1 is 1.04 bits per heavy atom. The van der Waals surface area contributed by atoms with E-state index in [4.69, 9.17) is 0 Å². The summed E-state index contributed by atoms with van der Waals surface area (Å²) < 4.78 is 0. The molecule has 0 aliphatic rings. The molecule has 0 aliphatic heterocycles. The molecule has 1 aromatic heterocycles. The summed E-state index contributed by atoms with van der Waals surface area (Å²) in [7, 11) is 1.58. The molecule has 2 amide bonds. The first-order chi connectivity index (χ1) is 11.8. The van der Waals surface area contributed by atoms with Gasteiger partial charge in [-0.1, -0.05) is 32.9 Å². The Morgan fingerprint density at radius 2 is 1.64 bits per heavy atom. The van der Waals surface area contributed by atoms with Crippen LogP contribution in [0.25, 0.3) is 6.08 Å². The Balaban J connectivity index is 1.97. The summed E-state index contributed by atoms with van der Waals surface area (Å²) in [6.45, 7) is 6.08. The predicted molar refractivity (Wildman–Crippen MR) is 98.2 cm³/mol. The van der Waals surface area contributed by atoms with Crippen LogP contribution in [0.3, 0.4) is 0 Å². The Hall–Kier alpha value is -3.02. The maximum Gasteiger partial charge on any atom is 0.251 e. The van der Waals surface area contributed by atoms with E-state index in [0.717, 1.165) is 11.4 Å². The van der Waals surface area contributed by atoms with Crippen LogP contribution in [-0.2, 0) is 10.2 Å². The zero-order valence-electron chi connectivity index (χ0n) is 14.8. The van der Waals surface area contributed by atoms with E-state index in [0.29, 0.717) is 11.3 Å². The third kappa shape index (κ3) is 5.24. The molecule has 1 heterocycles. The van der Waals surface area contributed by atoms with Gasteiger partial charge in [0.05, 0.1) is 18.1 Å². The van der Waals surface area contributed by atoms with Gasteiger partial charge in [0, 0.05) is 24.1 Å². The SMILES string of the molecule is CNC(=O)c1ccc(/C=C\C(=O)Nc2cnc(C(C)(C)C)nc2)cc1. The van der Waals surface area contributed by atoms with E-state index in [2.05, 4.69) is 20.6 Å². The second kappa shape index (κ2) is 7.70. The summed E-state index contributed by atoms with van der Waals surface area (Å²) in [5.74, 6) is 0.298. The Morgan fingerprint density at radius 3 is 2.16 bits per heavy atom. The van der Waals surface area contributed by atoms with E-state index in [1.54, 1.807) is 49.8 Å². The largest absolute Gasteiger partial charge is 0.355 e. The normalized spacial score (nSPS) is 11.4. The minimum absolute atomic E-state index is 0.136. The zero-order valence-corrected chi connectivity index (χ0v) is 14.8. The van der Waals surface area contributed by atoms with Crippen molar-refractivity contribution in [3.63, 3.8) is 0 Å². The van der Waals surface area contributed by atoms with Gasteiger partial charge < -0.3 is 10.6 Å². The Bertz CT molecular complexity index is 773. The fourth-order valence-corrected chi connectivity index (χ4v) is 2.03. The fraction of sp³-hybridized carbons (Fsp3) is 0.263. The summed E-state index contributed by atoms with van der Waals surface area (Å²) in [6, 6.07) is 6.95. The minimum atomic E-state index is -0.275. The van der Waals surface area contributed by atoms with Crippen molar-refractivity contribution in [1.29, 1.82) is 0 Å². The molecule has 25 heavy (non-hydrogen) atoms.